The zero-order valence-corrected chi connectivity index (χ0v) is 12.0. The zero-order chi connectivity index (χ0) is 16.8. The van der Waals surface area contributed by atoms with E-state index in [2.05, 4.69) is 10.6 Å². The lowest BCUT2D eigenvalue weighted by atomic mass is 10.1. The summed E-state index contributed by atoms with van der Waals surface area (Å²) >= 11 is 0. The second-order valence-corrected chi connectivity index (χ2v) is 4.68. The van der Waals surface area contributed by atoms with Gasteiger partial charge in [0.2, 0.25) is 0 Å². The van der Waals surface area contributed by atoms with Crippen molar-refractivity contribution in [1.29, 1.82) is 0 Å². The molecule has 0 fully saturated rings. The minimum Gasteiger partial charge on any atom is -0.352 e. The Hall–Kier alpha value is -3.42. The topological polar surface area (TPSA) is 127 Å². The Labute approximate surface area is 131 Å². The number of primary amides is 1. The monoisotopic (exact) mass is 314 g/mol. The third-order valence-electron chi connectivity index (χ3n) is 3.00. The van der Waals surface area contributed by atoms with Crippen molar-refractivity contribution in [1.82, 2.24) is 5.32 Å². The first-order chi connectivity index (χ1) is 11.0. The maximum atomic E-state index is 12.1. The summed E-state index contributed by atoms with van der Waals surface area (Å²) in [6.45, 7) is 0.266. The molecule has 0 saturated carbocycles. The van der Waals surface area contributed by atoms with Crippen molar-refractivity contribution in [2.24, 2.45) is 5.73 Å². The Morgan fingerprint density at radius 1 is 1.13 bits per heavy atom. The average molecular weight is 314 g/mol. The van der Waals surface area contributed by atoms with Crippen LogP contribution in [0, 0.1) is 10.1 Å². The summed E-state index contributed by atoms with van der Waals surface area (Å²) in [6, 6.07) is 11.6. The predicted octanol–water partition coefficient (Wildman–Crippen LogP) is 2.02. The van der Waals surface area contributed by atoms with Gasteiger partial charge < -0.3 is 16.4 Å². The summed E-state index contributed by atoms with van der Waals surface area (Å²) in [5.41, 5.74) is 6.39. The molecule has 0 bridgehead atoms. The number of nitrogens with two attached hydrogens (primary N) is 1. The lowest BCUT2D eigenvalue weighted by Gasteiger charge is -2.06. The van der Waals surface area contributed by atoms with Crippen LogP contribution in [0.3, 0.4) is 0 Å². The lowest BCUT2D eigenvalue weighted by molar-refractivity contribution is -0.384. The molecule has 8 heteroatoms. The first-order valence-electron chi connectivity index (χ1n) is 6.64. The highest BCUT2D eigenvalue weighted by molar-refractivity contribution is 6.04. The molecule has 0 aliphatic carbocycles. The van der Waals surface area contributed by atoms with Gasteiger partial charge >= 0.3 is 6.03 Å². The van der Waals surface area contributed by atoms with Crippen molar-refractivity contribution in [3.63, 3.8) is 0 Å². The van der Waals surface area contributed by atoms with E-state index in [0.717, 1.165) is 5.56 Å². The number of nitro benzene ring substituents is 1. The molecule has 0 aromatic heterocycles. The molecule has 8 nitrogen and oxygen atoms in total. The average Bonchev–Trinajstić information content (AvgIpc) is 2.53. The van der Waals surface area contributed by atoms with Crippen LogP contribution in [0.1, 0.15) is 15.9 Å². The van der Waals surface area contributed by atoms with Crippen molar-refractivity contribution in [3.8, 4) is 0 Å². The molecule has 0 atom stereocenters. The van der Waals surface area contributed by atoms with E-state index in [4.69, 9.17) is 5.73 Å². The van der Waals surface area contributed by atoms with Crippen LogP contribution in [0.5, 0.6) is 0 Å². The van der Waals surface area contributed by atoms with Gasteiger partial charge in [0.1, 0.15) is 0 Å². The van der Waals surface area contributed by atoms with Crippen LogP contribution < -0.4 is 16.4 Å². The molecule has 4 N–H and O–H groups in total. The summed E-state index contributed by atoms with van der Waals surface area (Å²) in [7, 11) is 0. The van der Waals surface area contributed by atoms with Gasteiger partial charge in [-0.05, 0) is 23.8 Å². The van der Waals surface area contributed by atoms with E-state index in [1.807, 2.05) is 0 Å². The van der Waals surface area contributed by atoms with Gasteiger partial charge in [-0.3, -0.25) is 14.9 Å². The number of urea groups is 1. The van der Waals surface area contributed by atoms with Crippen molar-refractivity contribution in [3.05, 3.63) is 69.8 Å². The maximum Gasteiger partial charge on any atom is 0.312 e. The van der Waals surface area contributed by atoms with E-state index in [9.17, 15) is 19.7 Å². The van der Waals surface area contributed by atoms with Crippen LogP contribution in [0.25, 0.3) is 0 Å². The molecule has 2 aromatic rings. The highest BCUT2D eigenvalue weighted by atomic mass is 16.6. The molecule has 0 radical (unpaired) electrons. The van der Waals surface area contributed by atoms with Gasteiger partial charge in [-0.25, -0.2) is 4.79 Å². The van der Waals surface area contributed by atoms with Crippen LogP contribution in [-0.2, 0) is 6.54 Å². The number of non-ortho nitro benzene ring substituents is 1. The van der Waals surface area contributed by atoms with E-state index in [1.165, 1.54) is 18.2 Å². The zero-order valence-electron chi connectivity index (χ0n) is 12.0. The largest absolute Gasteiger partial charge is 0.352 e. The number of nitro groups is 1. The van der Waals surface area contributed by atoms with E-state index >= 15 is 0 Å². The van der Waals surface area contributed by atoms with Crippen molar-refractivity contribution in [2.45, 2.75) is 6.54 Å². The summed E-state index contributed by atoms with van der Waals surface area (Å²) in [5.74, 6) is -0.389. The van der Waals surface area contributed by atoms with E-state index in [-0.39, 0.29) is 18.1 Å². The van der Waals surface area contributed by atoms with Crippen molar-refractivity contribution in [2.75, 3.05) is 5.32 Å². The van der Waals surface area contributed by atoms with Crippen LogP contribution in [0.2, 0.25) is 0 Å². The summed E-state index contributed by atoms with van der Waals surface area (Å²) in [4.78, 5) is 32.9. The van der Waals surface area contributed by atoms with Gasteiger partial charge in [0.25, 0.3) is 11.6 Å². The minimum absolute atomic E-state index is 0.101. The standard InChI is InChI=1S/C15H14N4O4/c16-15(21)17-9-10-4-6-11(7-5-10)14(20)18-12-2-1-3-13(8-12)19(22)23/h1-8H,9H2,(H,18,20)(H3,16,17,21). The third-order valence-corrected chi connectivity index (χ3v) is 3.00. The molecule has 0 saturated heterocycles. The number of hydrogen-bond acceptors (Lipinski definition) is 4. The number of nitrogens with one attached hydrogen (secondary N) is 2. The van der Waals surface area contributed by atoms with Crippen LogP contribution in [-0.4, -0.2) is 16.9 Å². The SMILES string of the molecule is NC(=O)NCc1ccc(C(=O)Nc2cccc([N+](=O)[O-])c2)cc1. The quantitative estimate of drug-likeness (QED) is 0.576. The molecule has 3 amide bonds. The first-order valence-corrected chi connectivity index (χ1v) is 6.64. The second-order valence-electron chi connectivity index (χ2n) is 4.68. The maximum absolute atomic E-state index is 12.1. The predicted molar refractivity (Wildman–Crippen MR) is 83.9 cm³/mol. The lowest BCUT2D eigenvalue weighted by Crippen LogP contribution is -2.28. The minimum atomic E-state index is -0.627. The Morgan fingerprint density at radius 2 is 1.83 bits per heavy atom. The Morgan fingerprint density at radius 3 is 2.43 bits per heavy atom. The molecule has 0 unspecified atom stereocenters. The Kier molecular flexibility index (Phi) is 4.88. The van der Waals surface area contributed by atoms with Crippen molar-refractivity contribution >= 4 is 23.3 Å². The van der Waals surface area contributed by atoms with E-state index in [1.54, 1.807) is 30.3 Å². The number of rotatable bonds is 5. The fraction of sp³-hybridized carbons (Fsp3) is 0.0667. The van der Waals surface area contributed by atoms with Gasteiger partial charge in [0.15, 0.2) is 0 Å². The highest BCUT2D eigenvalue weighted by Crippen LogP contribution is 2.18. The molecular formula is C15H14N4O4. The molecule has 0 heterocycles. The smallest absolute Gasteiger partial charge is 0.312 e. The van der Waals surface area contributed by atoms with Crippen LogP contribution in [0.15, 0.2) is 48.5 Å². The number of amides is 3. The summed E-state index contributed by atoms with van der Waals surface area (Å²) in [6.07, 6.45) is 0. The number of anilines is 1. The highest BCUT2D eigenvalue weighted by Gasteiger charge is 2.10. The molecule has 2 aromatic carbocycles. The van der Waals surface area contributed by atoms with Crippen LogP contribution >= 0.6 is 0 Å². The fourth-order valence-corrected chi connectivity index (χ4v) is 1.86. The number of hydrogen-bond donors (Lipinski definition) is 3. The van der Waals surface area contributed by atoms with E-state index < -0.39 is 11.0 Å². The molecule has 0 spiro atoms. The fourth-order valence-electron chi connectivity index (χ4n) is 1.86. The number of nitrogens with zero attached hydrogens (tertiary/aromatic N) is 1. The molecule has 118 valence electrons. The third kappa shape index (κ3) is 4.53. The normalized spacial score (nSPS) is 9.91. The Bertz CT molecular complexity index is 743. The van der Waals surface area contributed by atoms with Gasteiger partial charge in [-0.2, -0.15) is 0 Å². The Balaban J connectivity index is 2.04. The van der Waals surface area contributed by atoms with Gasteiger partial charge in [0, 0.05) is 29.9 Å². The molecule has 2 rings (SSSR count). The summed E-state index contributed by atoms with van der Waals surface area (Å²) in [5, 5.41) is 15.7. The van der Waals surface area contributed by atoms with Crippen molar-refractivity contribution < 1.29 is 14.5 Å². The number of carbonyl (C=O) groups excluding carboxylic acids is 2. The van der Waals surface area contributed by atoms with Gasteiger partial charge in [0.05, 0.1) is 4.92 Å². The number of carbonyl (C=O) groups is 2. The van der Waals surface area contributed by atoms with E-state index in [0.29, 0.717) is 11.3 Å². The second kappa shape index (κ2) is 7.03. The number of benzene rings is 2. The summed E-state index contributed by atoms with van der Waals surface area (Å²) < 4.78 is 0. The van der Waals surface area contributed by atoms with Crippen LogP contribution in [0.4, 0.5) is 16.2 Å². The van der Waals surface area contributed by atoms with Gasteiger partial charge in [-0.1, -0.05) is 18.2 Å². The van der Waals surface area contributed by atoms with Gasteiger partial charge in [-0.15, -0.1) is 0 Å². The molecule has 0 aliphatic rings. The first kappa shape index (κ1) is 16.0. The molecule has 23 heavy (non-hydrogen) atoms. The molecule has 0 aliphatic heterocycles. The molecular weight excluding hydrogens is 300 g/mol.